The van der Waals surface area contributed by atoms with Crippen LogP contribution in [-0.4, -0.2) is 16.3 Å². The third kappa shape index (κ3) is 1.65. The van der Waals surface area contributed by atoms with Gasteiger partial charge in [-0.1, -0.05) is 11.6 Å². The highest BCUT2D eigenvalue weighted by atomic mass is 35.5. The minimum Gasteiger partial charge on any atom is -0.383 e. The summed E-state index contributed by atoms with van der Waals surface area (Å²) in [6.45, 7) is 0. The maximum atomic E-state index is 10.1. The number of aromatic nitrogens is 2. The van der Waals surface area contributed by atoms with Gasteiger partial charge in [0.05, 0.1) is 0 Å². The molecule has 0 saturated carbocycles. The third-order valence-electron chi connectivity index (χ3n) is 1.21. The van der Waals surface area contributed by atoms with Crippen LogP contribution in [0, 0.1) is 0 Å². The molecule has 1 heterocycles. The lowest BCUT2D eigenvalue weighted by Crippen LogP contribution is -2.00. The van der Waals surface area contributed by atoms with Crippen molar-refractivity contribution in [2.75, 3.05) is 5.73 Å². The van der Waals surface area contributed by atoms with Gasteiger partial charge in [-0.2, -0.15) is 0 Å². The van der Waals surface area contributed by atoms with Crippen LogP contribution in [0.15, 0.2) is 6.33 Å². The first kappa shape index (κ1) is 7.94. The van der Waals surface area contributed by atoms with Gasteiger partial charge in [-0.15, -0.1) is 0 Å². The number of rotatable bonds is 2. The van der Waals surface area contributed by atoms with Crippen molar-refractivity contribution >= 4 is 23.7 Å². The molecule has 0 saturated heterocycles. The third-order valence-corrected chi connectivity index (χ3v) is 1.54. The molecule has 0 radical (unpaired) electrons. The zero-order valence-electron chi connectivity index (χ0n) is 5.62. The summed E-state index contributed by atoms with van der Waals surface area (Å²) in [4.78, 5) is 17.5. The summed E-state index contributed by atoms with van der Waals surface area (Å²) in [7, 11) is 0. The Balaban J connectivity index is 3.09. The molecule has 0 spiro atoms. The number of aldehydes is 1. The van der Waals surface area contributed by atoms with Gasteiger partial charge in [-0.25, -0.2) is 9.97 Å². The highest BCUT2D eigenvalue weighted by molar-refractivity contribution is 6.30. The minimum atomic E-state index is 0.158. The Labute approximate surface area is 68.4 Å². The molecule has 58 valence electrons. The van der Waals surface area contributed by atoms with E-state index in [9.17, 15) is 4.79 Å². The predicted octanol–water partition coefficient (Wildman–Crippen LogP) is 0.454. The molecule has 0 bridgehead atoms. The monoisotopic (exact) mass is 171 g/mol. The molecule has 0 unspecified atom stereocenters. The molecule has 5 heteroatoms. The number of nitrogen functional groups attached to an aromatic ring is 1. The van der Waals surface area contributed by atoms with Crippen LogP contribution in [0.25, 0.3) is 0 Å². The van der Waals surface area contributed by atoms with Crippen molar-refractivity contribution in [2.24, 2.45) is 0 Å². The summed E-state index contributed by atoms with van der Waals surface area (Å²) in [5.41, 5.74) is 5.90. The highest BCUT2D eigenvalue weighted by Crippen LogP contribution is 2.16. The first-order chi connectivity index (χ1) is 5.25. The van der Waals surface area contributed by atoms with E-state index < -0.39 is 0 Å². The Hall–Kier alpha value is -1.16. The summed E-state index contributed by atoms with van der Waals surface area (Å²) in [6, 6.07) is 0. The Morgan fingerprint density at radius 1 is 1.64 bits per heavy atom. The number of carbonyl (C=O) groups excluding carboxylic acids is 1. The van der Waals surface area contributed by atoms with Gasteiger partial charge in [0, 0.05) is 12.0 Å². The molecule has 0 aliphatic carbocycles. The van der Waals surface area contributed by atoms with Crippen LogP contribution in [0.5, 0.6) is 0 Å². The number of hydrogen-bond donors (Lipinski definition) is 1. The number of anilines is 1. The van der Waals surface area contributed by atoms with E-state index in [1.165, 1.54) is 6.33 Å². The predicted molar refractivity (Wildman–Crippen MR) is 41.2 cm³/mol. The van der Waals surface area contributed by atoms with E-state index in [1.807, 2.05) is 0 Å². The Morgan fingerprint density at radius 2 is 2.36 bits per heavy atom. The van der Waals surface area contributed by atoms with Crippen LogP contribution in [0.3, 0.4) is 0 Å². The molecule has 0 aliphatic heterocycles. The molecule has 0 aliphatic rings. The fourth-order valence-electron chi connectivity index (χ4n) is 0.675. The van der Waals surface area contributed by atoms with E-state index in [4.69, 9.17) is 17.3 Å². The van der Waals surface area contributed by atoms with Crippen molar-refractivity contribution in [3.05, 3.63) is 17.0 Å². The average Bonchev–Trinajstić information content (AvgIpc) is 1.97. The van der Waals surface area contributed by atoms with Crippen molar-refractivity contribution in [1.29, 1.82) is 0 Å². The quantitative estimate of drug-likeness (QED) is 0.518. The molecular weight excluding hydrogens is 166 g/mol. The fraction of sp³-hybridized carbons (Fsp3) is 0.167. The van der Waals surface area contributed by atoms with E-state index in [1.54, 1.807) is 0 Å². The van der Waals surface area contributed by atoms with Crippen molar-refractivity contribution in [3.8, 4) is 0 Å². The van der Waals surface area contributed by atoms with Crippen LogP contribution in [0.4, 0.5) is 5.82 Å². The molecule has 2 N–H and O–H groups in total. The molecule has 1 aromatic rings. The second-order valence-corrected chi connectivity index (χ2v) is 2.26. The maximum absolute atomic E-state index is 10.1. The number of carbonyl (C=O) groups is 1. The van der Waals surface area contributed by atoms with Gasteiger partial charge >= 0.3 is 0 Å². The molecule has 11 heavy (non-hydrogen) atoms. The van der Waals surface area contributed by atoms with Gasteiger partial charge in [0.2, 0.25) is 0 Å². The van der Waals surface area contributed by atoms with Gasteiger partial charge in [-0.05, 0) is 0 Å². The van der Waals surface area contributed by atoms with Crippen molar-refractivity contribution in [3.63, 3.8) is 0 Å². The maximum Gasteiger partial charge on any atom is 0.138 e. The van der Waals surface area contributed by atoms with Gasteiger partial charge in [-0.3, -0.25) is 0 Å². The number of nitrogens with two attached hydrogens (primary N) is 1. The molecule has 0 atom stereocenters. The van der Waals surface area contributed by atoms with Crippen molar-refractivity contribution in [1.82, 2.24) is 9.97 Å². The summed E-state index contributed by atoms with van der Waals surface area (Å²) in [5.74, 6) is 0.261. The van der Waals surface area contributed by atoms with E-state index in [0.29, 0.717) is 11.8 Å². The van der Waals surface area contributed by atoms with Crippen LogP contribution in [0.2, 0.25) is 5.15 Å². The first-order valence-corrected chi connectivity index (χ1v) is 3.32. The van der Waals surface area contributed by atoms with E-state index in [2.05, 4.69) is 9.97 Å². The first-order valence-electron chi connectivity index (χ1n) is 2.94. The van der Waals surface area contributed by atoms with Crippen molar-refractivity contribution < 1.29 is 4.79 Å². The Bertz CT molecular complexity index is 256. The normalized spacial score (nSPS) is 9.55. The second-order valence-electron chi connectivity index (χ2n) is 1.90. The van der Waals surface area contributed by atoms with Crippen LogP contribution in [-0.2, 0) is 11.2 Å². The fourth-order valence-corrected chi connectivity index (χ4v) is 0.893. The summed E-state index contributed by atoms with van der Waals surface area (Å²) >= 11 is 5.62. The van der Waals surface area contributed by atoms with Gasteiger partial charge in [0.1, 0.15) is 23.6 Å². The van der Waals surface area contributed by atoms with Crippen molar-refractivity contribution in [2.45, 2.75) is 6.42 Å². The molecule has 0 aromatic carbocycles. The van der Waals surface area contributed by atoms with Crippen LogP contribution in [0.1, 0.15) is 5.56 Å². The summed E-state index contributed by atoms with van der Waals surface area (Å²) < 4.78 is 0. The minimum absolute atomic E-state index is 0.158. The molecule has 1 aromatic heterocycles. The standard InChI is InChI=1S/C6H6ClN3O/c7-5-4(1-2-11)6(8)10-3-9-5/h2-3H,1H2,(H2,8,9,10). The van der Waals surface area contributed by atoms with E-state index in [-0.39, 0.29) is 17.4 Å². The number of halogens is 1. The summed E-state index contributed by atoms with van der Waals surface area (Å²) in [5, 5.41) is 0.240. The molecule has 1 rings (SSSR count). The van der Waals surface area contributed by atoms with E-state index in [0.717, 1.165) is 0 Å². The second kappa shape index (κ2) is 3.30. The lowest BCUT2D eigenvalue weighted by Gasteiger charge is -2.00. The molecular formula is C6H6ClN3O. The van der Waals surface area contributed by atoms with Gasteiger partial charge < -0.3 is 10.5 Å². The van der Waals surface area contributed by atoms with Crippen LogP contribution >= 0.6 is 11.6 Å². The largest absolute Gasteiger partial charge is 0.383 e. The molecule has 0 fully saturated rings. The highest BCUT2D eigenvalue weighted by Gasteiger charge is 2.04. The van der Waals surface area contributed by atoms with Gasteiger partial charge in [0.25, 0.3) is 0 Å². The number of nitrogens with zero attached hydrogens (tertiary/aromatic N) is 2. The topological polar surface area (TPSA) is 68.9 Å². The van der Waals surface area contributed by atoms with Gasteiger partial charge in [0.15, 0.2) is 0 Å². The lowest BCUT2D eigenvalue weighted by molar-refractivity contribution is -0.107. The lowest BCUT2D eigenvalue weighted by atomic mass is 10.2. The van der Waals surface area contributed by atoms with Crippen LogP contribution < -0.4 is 5.73 Å². The Morgan fingerprint density at radius 3 is 2.91 bits per heavy atom. The number of hydrogen-bond acceptors (Lipinski definition) is 4. The SMILES string of the molecule is Nc1ncnc(Cl)c1CC=O. The average molecular weight is 172 g/mol. The molecule has 4 nitrogen and oxygen atoms in total. The van der Waals surface area contributed by atoms with E-state index >= 15 is 0 Å². The summed E-state index contributed by atoms with van der Waals surface area (Å²) in [6.07, 6.45) is 2.12. The Kier molecular flexibility index (Phi) is 2.38. The zero-order chi connectivity index (χ0) is 8.27. The smallest absolute Gasteiger partial charge is 0.138 e. The zero-order valence-corrected chi connectivity index (χ0v) is 6.38. The molecule has 0 amide bonds.